The molecule has 24 heavy (non-hydrogen) atoms. The van der Waals surface area contributed by atoms with E-state index in [1.165, 1.54) is 0 Å². The molecule has 136 valence electrons. The summed E-state index contributed by atoms with van der Waals surface area (Å²) in [6.45, 7) is 6.75. The Kier molecular flexibility index (Phi) is 7.03. The molecule has 1 unspecified atom stereocenters. The number of likely N-dealkylation sites (tertiary alicyclic amines) is 1. The number of piperidine rings is 1. The summed E-state index contributed by atoms with van der Waals surface area (Å²) in [5, 5.41) is 0. The van der Waals surface area contributed by atoms with Crippen LogP contribution in [0.2, 0.25) is 0 Å². The van der Waals surface area contributed by atoms with E-state index < -0.39 is 10.2 Å². The Labute approximate surface area is 145 Å². The lowest BCUT2D eigenvalue weighted by molar-refractivity contribution is 0.139. The SMILES string of the molecule is CCNS(=O)(=O)NCC(c1ccc(OC)cc1)N1CCC(C)CC1. The van der Waals surface area contributed by atoms with Crippen LogP contribution in [0, 0.1) is 5.92 Å². The fourth-order valence-electron chi connectivity index (χ4n) is 3.05. The smallest absolute Gasteiger partial charge is 0.276 e. The first-order valence-electron chi connectivity index (χ1n) is 8.57. The molecule has 2 rings (SSSR count). The summed E-state index contributed by atoms with van der Waals surface area (Å²) in [5.74, 6) is 1.54. The summed E-state index contributed by atoms with van der Waals surface area (Å²) in [6.07, 6.45) is 2.29. The van der Waals surface area contributed by atoms with Crippen LogP contribution in [-0.4, -0.2) is 46.6 Å². The van der Waals surface area contributed by atoms with Gasteiger partial charge in [0, 0.05) is 19.1 Å². The van der Waals surface area contributed by atoms with Gasteiger partial charge < -0.3 is 4.74 Å². The van der Waals surface area contributed by atoms with Gasteiger partial charge in [0.05, 0.1) is 7.11 Å². The van der Waals surface area contributed by atoms with Crippen LogP contribution < -0.4 is 14.2 Å². The topological polar surface area (TPSA) is 70.7 Å². The number of hydrogen-bond donors (Lipinski definition) is 2. The van der Waals surface area contributed by atoms with Crippen molar-refractivity contribution in [2.45, 2.75) is 32.7 Å². The first-order chi connectivity index (χ1) is 11.4. The Morgan fingerprint density at radius 3 is 2.38 bits per heavy atom. The van der Waals surface area contributed by atoms with Crippen LogP contribution >= 0.6 is 0 Å². The summed E-state index contributed by atoms with van der Waals surface area (Å²) in [4.78, 5) is 2.37. The third kappa shape index (κ3) is 5.44. The maximum atomic E-state index is 11.9. The van der Waals surface area contributed by atoms with Gasteiger partial charge in [-0.15, -0.1) is 0 Å². The molecule has 0 aromatic heterocycles. The van der Waals surface area contributed by atoms with Gasteiger partial charge in [0.15, 0.2) is 0 Å². The molecule has 7 heteroatoms. The molecule has 6 nitrogen and oxygen atoms in total. The minimum atomic E-state index is -3.45. The summed E-state index contributed by atoms with van der Waals surface area (Å²) >= 11 is 0. The standard InChI is InChI=1S/C17H29N3O3S/c1-4-18-24(21,22)19-13-17(20-11-9-14(2)10-12-20)15-5-7-16(23-3)8-6-15/h5-8,14,17-19H,4,9-13H2,1-3H3. The van der Waals surface area contributed by atoms with E-state index in [0.29, 0.717) is 13.1 Å². The first kappa shape index (κ1) is 19.2. The molecule has 0 spiro atoms. The number of nitrogens with zero attached hydrogens (tertiary/aromatic N) is 1. The summed E-state index contributed by atoms with van der Waals surface area (Å²) < 4.78 is 34.3. The molecule has 1 atom stereocenters. The lowest BCUT2D eigenvalue weighted by Crippen LogP contribution is -2.44. The van der Waals surface area contributed by atoms with Gasteiger partial charge in [-0.1, -0.05) is 26.0 Å². The molecule has 0 amide bonds. The molecule has 1 fully saturated rings. The van der Waals surface area contributed by atoms with Gasteiger partial charge in [-0.25, -0.2) is 9.44 Å². The second-order valence-electron chi connectivity index (χ2n) is 6.36. The van der Waals surface area contributed by atoms with E-state index in [1.807, 2.05) is 24.3 Å². The van der Waals surface area contributed by atoms with Crippen LogP contribution in [0.1, 0.15) is 38.3 Å². The maximum Gasteiger partial charge on any atom is 0.276 e. The fraction of sp³-hybridized carbons (Fsp3) is 0.647. The lowest BCUT2D eigenvalue weighted by Gasteiger charge is -2.37. The molecule has 0 bridgehead atoms. The highest BCUT2D eigenvalue weighted by Gasteiger charge is 2.26. The van der Waals surface area contributed by atoms with Crippen LogP contribution in [0.3, 0.4) is 0 Å². The van der Waals surface area contributed by atoms with Gasteiger partial charge in [-0.05, 0) is 49.5 Å². The van der Waals surface area contributed by atoms with Crippen molar-refractivity contribution in [2.24, 2.45) is 5.92 Å². The van der Waals surface area contributed by atoms with E-state index in [-0.39, 0.29) is 6.04 Å². The van der Waals surface area contributed by atoms with Crippen molar-refractivity contribution in [3.8, 4) is 5.75 Å². The highest BCUT2D eigenvalue weighted by molar-refractivity contribution is 7.87. The highest BCUT2D eigenvalue weighted by Crippen LogP contribution is 2.27. The predicted octanol–water partition coefficient (Wildman–Crippen LogP) is 1.91. The number of benzene rings is 1. The summed E-state index contributed by atoms with van der Waals surface area (Å²) in [7, 11) is -1.81. The molecular formula is C17H29N3O3S. The van der Waals surface area contributed by atoms with E-state index in [0.717, 1.165) is 43.2 Å². The number of nitrogens with one attached hydrogen (secondary N) is 2. The van der Waals surface area contributed by atoms with Crippen molar-refractivity contribution in [1.29, 1.82) is 0 Å². The third-order valence-electron chi connectivity index (χ3n) is 4.56. The van der Waals surface area contributed by atoms with Crippen LogP contribution in [0.25, 0.3) is 0 Å². The molecule has 1 saturated heterocycles. The van der Waals surface area contributed by atoms with Crippen LogP contribution in [0.4, 0.5) is 0 Å². The minimum Gasteiger partial charge on any atom is -0.497 e. The molecule has 1 aliphatic heterocycles. The van der Waals surface area contributed by atoms with Gasteiger partial charge >= 0.3 is 0 Å². The average molecular weight is 356 g/mol. The van der Waals surface area contributed by atoms with Gasteiger partial charge in [-0.2, -0.15) is 8.42 Å². The number of rotatable bonds is 8. The molecule has 0 radical (unpaired) electrons. The lowest BCUT2D eigenvalue weighted by atomic mass is 9.96. The zero-order chi connectivity index (χ0) is 17.6. The third-order valence-corrected chi connectivity index (χ3v) is 5.78. The van der Waals surface area contributed by atoms with E-state index >= 15 is 0 Å². The Morgan fingerprint density at radius 1 is 1.21 bits per heavy atom. The Morgan fingerprint density at radius 2 is 1.83 bits per heavy atom. The van der Waals surface area contributed by atoms with Gasteiger partial charge in [-0.3, -0.25) is 4.90 Å². The highest BCUT2D eigenvalue weighted by atomic mass is 32.2. The minimum absolute atomic E-state index is 0.0248. The Balaban J connectivity index is 2.14. The molecule has 1 aromatic carbocycles. The second kappa shape index (κ2) is 8.80. The van der Waals surface area contributed by atoms with Crippen molar-refractivity contribution in [3.05, 3.63) is 29.8 Å². The summed E-state index contributed by atoms with van der Waals surface area (Å²) in [5.41, 5.74) is 1.10. The van der Waals surface area contributed by atoms with Gasteiger partial charge in [0.1, 0.15) is 5.75 Å². The average Bonchev–Trinajstić information content (AvgIpc) is 2.57. The van der Waals surface area contributed by atoms with E-state index in [2.05, 4.69) is 21.3 Å². The van der Waals surface area contributed by atoms with Crippen molar-refractivity contribution >= 4 is 10.2 Å². The zero-order valence-corrected chi connectivity index (χ0v) is 15.6. The van der Waals surface area contributed by atoms with Crippen LogP contribution in [0.15, 0.2) is 24.3 Å². The summed E-state index contributed by atoms with van der Waals surface area (Å²) in [6, 6.07) is 7.91. The Hall–Kier alpha value is -1.15. The molecule has 0 aliphatic carbocycles. The van der Waals surface area contributed by atoms with E-state index in [9.17, 15) is 8.42 Å². The maximum absolute atomic E-state index is 11.9. The van der Waals surface area contributed by atoms with Crippen LogP contribution in [0.5, 0.6) is 5.75 Å². The fourth-order valence-corrected chi connectivity index (χ4v) is 3.91. The van der Waals surface area contributed by atoms with Crippen molar-refractivity contribution in [3.63, 3.8) is 0 Å². The van der Waals surface area contributed by atoms with Gasteiger partial charge in [0.2, 0.25) is 0 Å². The van der Waals surface area contributed by atoms with Crippen LogP contribution in [-0.2, 0) is 10.2 Å². The molecule has 1 heterocycles. The Bertz CT molecular complexity index is 596. The number of methoxy groups -OCH3 is 1. The molecule has 0 saturated carbocycles. The molecule has 1 aliphatic rings. The number of hydrogen-bond acceptors (Lipinski definition) is 4. The largest absolute Gasteiger partial charge is 0.497 e. The van der Waals surface area contributed by atoms with Crippen molar-refractivity contribution < 1.29 is 13.2 Å². The van der Waals surface area contributed by atoms with E-state index in [4.69, 9.17) is 4.74 Å². The number of ether oxygens (including phenoxy) is 1. The normalized spacial score (nSPS) is 18.5. The molecule has 2 N–H and O–H groups in total. The first-order valence-corrected chi connectivity index (χ1v) is 10.1. The predicted molar refractivity (Wildman–Crippen MR) is 96.3 cm³/mol. The molecule has 1 aromatic rings. The second-order valence-corrected chi connectivity index (χ2v) is 7.94. The van der Waals surface area contributed by atoms with Crippen molar-refractivity contribution in [2.75, 3.05) is 33.3 Å². The monoisotopic (exact) mass is 355 g/mol. The van der Waals surface area contributed by atoms with Crippen molar-refractivity contribution in [1.82, 2.24) is 14.3 Å². The van der Waals surface area contributed by atoms with E-state index in [1.54, 1.807) is 14.0 Å². The quantitative estimate of drug-likeness (QED) is 0.747. The molecular weight excluding hydrogens is 326 g/mol. The zero-order valence-electron chi connectivity index (χ0n) is 14.8. The van der Waals surface area contributed by atoms with Gasteiger partial charge in [0.25, 0.3) is 10.2 Å².